The Morgan fingerprint density at radius 2 is 2.04 bits per heavy atom. The van der Waals surface area contributed by atoms with Gasteiger partial charge in [-0.2, -0.15) is 8.78 Å². The number of primary amides is 1. The van der Waals surface area contributed by atoms with Crippen LogP contribution in [0.3, 0.4) is 0 Å². The van der Waals surface area contributed by atoms with Crippen LogP contribution in [0.15, 0.2) is 28.5 Å². The van der Waals surface area contributed by atoms with Gasteiger partial charge in [-0.1, -0.05) is 23.5 Å². The third-order valence-electron chi connectivity index (χ3n) is 2.86. The van der Waals surface area contributed by atoms with E-state index in [2.05, 4.69) is 15.0 Å². The van der Waals surface area contributed by atoms with Gasteiger partial charge in [-0.3, -0.25) is 9.59 Å². The molecule has 2 aromatic rings. The van der Waals surface area contributed by atoms with Crippen LogP contribution in [0.4, 0.5) is 13.9 Å². The molecule has 0 bridgehead atoms. The van der Waals surface area contributed by atoms with Crippen molar-refractivity contribution in [3.05, 3.63) is 35.5 Å². The highest BCUT2D eigenvalue weighted by Crippen LogP contribution is 2.31. The molecular weight excluding hydrogens is 372 g/mol. The number of nitrogens with zero attached hydrogens (tertiary/aromatic N) is 1. The number of aromatic nitrogens is 1. The Morgan fingerprint density at radius 1 is 1.36 bits per heavy atom. The number of aryl methyl sites for hydroxylation is 1. The first kappa shape index (κ1) is 19.1. The lowest BCUT2D eigenvalue weighted by Gasteiger charge is -2.05. The SMILES string of the molecule is Cc1nc(NC(=O)Cc2ccc(OC(F)F)cc2)sc1SCC(N)=O. The van der Waals surface area contributed by atoms with Crippen molar-refractivity contribution in [3.8, 4) is 5.75 Å². The van der Waals surface area contributed by atoms with E-state index in [9.17, 15) is 18.4 Å². The van der Waals surface area contributed by atoms with Gasteiger partial charge >= 0.3 is 6.61 Å². The van der Waals surface area contributed by atoms with Gasteiger partial charge in [-0.25, -0.2) is 4.98 Å². The normalized spacial score (nSPS) is 10.7. The minimum Gasteiger partial charge on any atom is -0.435 e. The summed E-state index contributed by atoms with van der Waals surface area (Å²) in [7, 11) is 0. The molecule has 0 unspecified atom stereocenters. The maximum absolute atomic E-state index is 12.1. The molecule has 0 fully saturated rings. The van der Waals surface area contributed by atoms with Crippen LogP contribution in [0.2, 0.25) is 0 Å². The molecule has 0 aliphatic rings. The summed E-state index contributed by atoms with van der Waals surface area (Å²) >= 11 is 2.53. The fraction of sp³-hybridized carbons (Fsp3) is 0.267. The summed E-state index contributed by atoms with van der Waals surface area (Å²) in [6.45, 7) is -1.11. The van der Waals surface area contributed by atoms with Crippen LogP contribution in [0.1, 0.15) is 11.3 Å². The number of ether oxygens (including phenoxy) is 1. The van der Waals surface area contributed by atoms with Gasteiger partial charge in [0.15, 0.2) is 5.13 Å². The predicted molar refractivity (Wildman–Crippen MR) is 92.2 cm³/mol. The fourth-order valence-corrected chi connectivity index (χ4v) is 3.74. The standard InChI is InChI=1S/C15H15F2N3O3S2/c1-8-13(24-7-11(18)21)25-15(19-8)20-12(22)6-9-2-4-10(5-3-9)23-14(16)17/h2-5,14H,6-7H2,1H3,(H2,18,21)(H,19,20,22). The number of benzene rings is 1. The summed E-state index contributed by atoms with van der Waals surface area (Å²) in [5.41, 5.74) is 6.46. The molecule has 0 saturated carbocycles. The lowest BCUT2D eigenvalue weighted by molar-refractivity contribution is -0.116. The molecule has 6 nitrogen and oxygen atoms in total. The molecule has 0 atom stereocenters. The Hall–Kier alpha value is -2.20. The Kier molecular flexibility index (Phi) is 6.71. The molecule has 134 valence electrons. The molecule has 0 radical (unpaired) electrons. The molecule has 0 spiro atoms. The zero-order chi connectivity index (χ0) is 18.4. The third kappa shape index (κ3) is 6.31. The Bertz CT molecular complexity index is 751. The number of thiazole rings is 1. The molecule has 2 amide bonds. The molecule has 10 heteroatoms. The second kappa shape index (κ2) is 8.77. The highest BCUT2D eigenvalue weighted by molar-refractivity contribution is 8.01. The predicted octanol–water partition coefficient (Wildman–Crippen LogP) is 2.81. The molecule has 25 heavy (non-hydrogen) atoms. The van der Waals surface area contributed by atoms with Gasteiger partial charge in [0.05, 0.1) is 22.1 Å². The van der Waals surface area contributed by atoms with Crippen molar-refractivity contribution in [2.45, 2.75) is 24.2 Å². The van der Waals surface area contributed by atoms with Gasteiger partial charge in [-0.15, -0.1) is 11.8 Å². The van der Waals surface area contributed by atoms with E-state index < -0.39 is 12.5 Å². The van der Waals surface area contributed by atoms with E-state index >= 15 is 0 Å². The van der Waals surface area contributed by atoms with Crippen molar-refractivity contribution in [1.82, 2.24) is 4.98 Å². The number of thioether (sulfide) groups is 1. The fourth-order valence-electron chi connectivity index (χ4n) is 1.84. The molecule has 1 heterocycles. The average Bonchev–Trinajstić information content (AvgIpc) is 2.86. The maximum Gasteiger partial charge on any atom is 0.387 e. The molecule has 0 aliphatic carbocycles. The van der Waals surface area contributed by atoms with E-state index in [4.69, 9.17) is 5.73 Å². The highest BCUT2D eigenvalue weighted by Gasteiger charge is 2.12. The van der Waals surface area contributed by atoms with Crippen LogP contribution in [-0.4, -0.2) is 29.2 Å². The summed E-state index contributed by atoms with van der Waals surface area (Å²) in [6, 6.07) is 5.83. The second-order valence-corrected chi connectivity index (χ2v) is 7.14. The number of hydrogen-bond acceptors (Lipinski definition) is 6. The van der Waals surface area contributed by atoms with Gasteiger partial charge in [0.25, 0.3) is 0 Å². The van der Waals surface area contributed by atoms with E-state index in [1.165, 1.54) is 35.2 Å². The van der Waals surface area contributed by atoms with E-state index in [-0.39, 0.29) is 23.8 Å². The minimum atomic E-state index is -2.89. The van der Waals surface area contributed by atoms with Gasteiger partial charge < -0.3 is 15.8 Å². The first-order valence-electron chi connectivity index (χ1n) is 7.05. The molecular formula is C15H15F2N3O3S2. The van der Waals surface area contributed by atoms with Gasteiger partial charge in [0.2, 0.25) is 11.8 Å². The topological polar surface area (TPSA) is 94.3 Å². The summed E-state index contributed by atoms with van der Waals surface area (Å²) in [5.74, 6) is -0.542. The van der Waals surface area contributed by atoms with Crippen LogP contribution in [0, 0.1) is 6.92 Å². The Morgan fingerprint density at radius 3 is 2.64 bits per heavy atom. The van der Waals surface area contributed by atoms with E-state index in [0.717, 1.165) is 4.21 Å². The number of halogens is 2. The van der Waals surface area contributed by atoms with E-state index in [1.807, 2.05) is 0 Å². The molecule has 0 aliphatic heterocycles. The van der Waals surface area contributed by atoms with Gasteiger partial charge in [0.1, 0.15) is 5.75 Å². The minimum absolute atomic E-state index is 0.0332. The monoisotopic (exact) mass is 387 g/mol. The number of hydrogen-bond donors (Lipinski definition) is 2. The first-order valence-corrected chi connectivity index (χ1v) is 8.86. The number of alkyl halides is 2. The first-order chi connectivity index (χ1) is 11.8. The quantitative estimate of drug-likeness (QED) is 0.679. The summed E-state index contributed by atoms with van der Waals surface area (Å²) < 4.78 is 29.2. The number of carbonyl (C=O) groups is 2. The number of anilines is 1. The third-order valence-corrected chi connectivity index (χ3v) is 5.32. The maximum atomic E-state index is 12.1. The zero-order valence-electron chi connectivity index (χ0n) is 13.1. The molecule has 3 N–H and O–H groups in total. The van der Waals surface area contributed by atoms with Gasteiger partial charge in [0, 0.05) is 0 Å². The van der Waals surface area contributed by atoms with Crippen LogP contribution in [0.5, 0.6) is 5.75 Å². The largest absolute Gasteiger partial charge is 0.435 e. The van der Waals surface area contributed by atoms with Crippen molar-refractivity contribution < 1.29 is 23.1 Å². The highest BCUT2D eigenvalue weighted by atomic mass is 32.2. The smallest absolute Gasteiger partial charge is 0.387 e. The number of nitrogens with one attached hydrogen (secondary N) is 1. The lowest BCUT2D eigenvalue weighted by Crippen LogP contribution is -2.14. The van der Waals surface area contributed by atoms with E-state index in [1.54, 1.807) is 19.1 Å². The van der Waals surface area contributed by atoms with Crippen molar-refractivity contribution in [2.75, 3.05) is 11.1 Å². The Balaban J connectivity index is 1.91. The summed E-state index contributed by atoms with van der Waals surface area (Å²) in [4.78, 5) is 27.1. The summed E-state index contributed by atoms with van der Waals surface area (Å²) in [6.07, 6.45) is 0.0668. The van der Waals surface area contributed by atoms with Crippen LogP contribution < -0.4 is 15.8 Å². The molecule has 2 rings (SSSR count). The number of nitrogens with two attached hydrogens (primary N) is 1. The molecule has 1 aromatic heterocycles. The van der Waals surface area contributed by atoms with E-state index in [0.29, 0.717) is 16.4 Å². The van der Waals surface area contributed by atoms with Crippen LogP contribution >= 0.6 is 23.1 Å². The summed E-state index contributed by atoms with van der Waals surface area (Å²) in [5, 5.41) is 3.10. The second-order valence-electron chi connectivity index (χ2n) is 4.89. The number of carbonyl (C=O) groups excluding carboxylic acids is 2. The number of amides is 2. The van der Waals surface area contributed by atoms with Crippen molar-refractivity contribution >= 4 is 40.0 Å². The van der Waals surface area contributed by atoms with Gasteiger partial charge in [-0.05, 0) is 24.6 Å². The lowest BCUT2D eigenvalue weighted by atomic mass is 10.1. The molecule has 1 aromatic carbocycles. The van der Waals surface area contributed by atoms with Crippen LogP contribution in [-0.2, 0) is 16.0 Å². The van der Waals surface area contributed by atoms with Crippen molar-refractivity contribution in [3.63, 3.8) is 0 Å². The average molecular weight is 387 g/mol. The Labute approximate surface area is 150 Å². The van der Waals surface area contributed by atoms with Crippen molar-refractivity contribution in [2.24, 2.45) is 5.73 Å². The number of rotatable bonds is 8. The molecule has 0 saturated heterocycles. The van der Waals surface area contributed by atoms with Crippen molar-refractivity contribution in [1.29, 1.82) is 0 Å². The zero-order valence-corrected chi connectivity index (χ0v) is 14.8. The van der Waals surface area contributed by atoms with Crippen LogP contribution in [0.25, 0.3) is 0 Å².